The number of anilines is 1. The molecule has 0 spiro atoms. The summed E-state index contributed by atoms with van der Waals surface area (Å²) < 4.78 is 0. The maximum atomic E-state index is 9.22. The van der Waals surface area contributed by atoms with Crippen molar-refractivity contribution in [1.29, 1.82) is 0 Å². The molecule has 1 fully saturated rings. The number of primary amides is 1. The first-order valence-electron chi connectivity index (χ1n) is 8.47. The SMILES string of the molecule is CC(N)=O.c1ccc2cc(-c3ccnc(N4CCCC4)n3)ccc2c1. The third-order valence-electron chi connectivity index (χ3n) is 4.08. The number of fused-ring (bicyclic) bond motifs is 1. The lowest BCUT2D eigenvalue weighted by Crippen LogP contribution is -2.20. The second kappa shape index (κ2) is 7.75. The van der Waals surface area contributed by atoms with E-state index in [2.05, 4.69) is 58.1 Å². The van der Waals surface area contributed by atoms with Crippen LogP contribution in [0.5, 0.6) is 0 Å². The van der Waals surface area contributed by atoms with Crippen molar-refractivity contribution in [2.75, 3.05) is 18.0 Å². The third-order valence-corrected chi connectivity index (χ3v) is 4.08. The van der Waals surface area contributed by atoms with Gasteiger partial charge in [0.1, 0.15) is 0 Å². The molecule has 0 atom stereocenters. The Morgan fingerprint density at radius 1 is 1.04 bits per heavy atom. The summed E-state index contributed by atoms with van der Waals surface area (Å²) in [4.78, 5) is 20.7. The van der Waals surface area contributed by atoms with Crippen LogP contribution < -0.4 is 10.6 Å². The molecule has 1 aliphatic rings. The summed E-state index contributed by atoms with van der Waals surface area (Å²) in [7, 11) is 0. The summed E-state index contributed by atoms with van der Waals surface area (Å²) in [6.07, 6.45) is 4.35. The summed E-state index contributed by atoms with van der Waals surface area (Å²) in [5.41, 5.74) is 6.62. The predicted octanol–water partition coefficient (Wildman–Crippen LogP) is 3.39. The van der Waals surface area contributed by atoms with Gasteiger partial charge >= 0.3 is 0 Å². The highest BCUT2D eigenvalue weighted by molar-refractivity contribution is 5.86. The van der Waals surface area contributed by atoms with E-state index in [4.69, 9.17) is 4.98 Å². The Hall–Kier alpha value is -2.95. The fraction of sp³-hybridized carbons (Fsp3) is 0.250. The molecule has 1 aliphatic heterocycles. The van der Waals surface area contributed by atoms with E-state index in [-0.39, 0.29) is 5.91 Å². The molecule has 128 valence electrons. The molecule has 2 heterocycles. The minimum Gasteiger partial charge on any atom is -0.370 e. The Bertz CT molecular complexity index is 868. The average Bonchev–Trinajstić information content (AvgIpc) is 3.16. The topological polar surface area (TPSA) is 72.1 Å². The maximum absolute atomic E-state index is 9.22. The van der Waals surface area contributed by atoms with E-state index >= 15 is 0 Å². The smallest absolute Gasteiger partial charge is 0.225 e. The van der Waals surface area contributed by atoms with Gasteiger partial charge in [-0.15, -0.1) is 0 Å². The molecule has 0 radical (unpaired) electrons. The second-order valence-corrected chi connectivity index (χ2v) is 6.11. The van der Waals surface area contributed by atoms with Crippen molar-refractivity contribution in [3.05, 3.63) is 54.7 Å². The van der Waals surface area contributed by atoms with E-state index in [9.17, 15) is 4.79 Å². The fourth-order valence-electron chi connectivity index (χ4n) is 2.93. The lowest BCUT2D eigenvalue weighted by Gasteiger charge is -2.15. The molecule has 0 saturated carbocycles. The standard InChI is InChI=1S/C18H17N3.C2H5NO/c1-2-6-15-13-16(8-7-14(15)5-1)17-9-10-19-18(20-17)21-11-3-4-12-21;1-2(3)4/h1-2,5-10,13H,3-4,11-12H2;1H3,(H2,3,4). The Morgan fingerprint density at radius 2 is 1.72 bits per heavy atom. The Morgan fingerprint density at radius 3 is 2.44 bits per heavy atom. The van der Waals surface area contributed by atoms with Crippen molar-refractivity contribution >= 4 is 22.6 Å². The molecule has 3 aromatic rings. The number of carbonyl (C=O) groups excluding carboxylic acids is 1. The number of aromatic nitrogens is 2. The summed E-state index contributed by atoms with van der Waals surface area (Å²) in [6.45, 7) is 3.45. The number of nitrogens with two attached hydrogens (primary N) is 1. The molecule has 2 N–H and O–H groups in total. The van der Waals surface area contributed by atoms with E-state index in [1.807, 2.05) is 12.3 Å². The van der Waals surface area contributed by atoms with E-state index in [1.54, 1.807) is 0 Å². The van der Waals surface area contributed by atoms with Crippen molar-refractivity contribution in [3.63, 3.8) is 0 Å². The Kier molecular flexibility index (Phi) is 5.23. The second-order valence-electron chi connectivity index (χ2n) is 6.11. The normalized spacial score (nSPS) is 13.4. The van der Waals surface area contributed by atoms with Gasteiger partial charge in [-0.3, -0.25) is 4.79 Å². The summed E-state index contributed by atoms with van der Waals surface area (Å²) in [5, 5.41) is 2.51. The molecule has 4 rings (SSSR count). The van der Waals surface area contributed by atoms with Crippen LogP contribution in [-0.2, 0) is 4.79 Å². The van der Waals surface area contributed by atoms with Gasteiger partial charge in [-0.2, -0.15) is 0 Å². The first-order valence-corrected chi connectivity index (χ1v) is 8.47. The molecule has 0 unspecified atom stereocenters. The Labute approximate surface area is 147 Å². The molecule has 0 aliphatic carbocycles. The number of nitrogens with zero attached hydrogens (tertiary/aromatic N) is 3. The summed E-state index contributed by atoms with van der Waals surface area (Å²) in [5.74, 6) is 0.526. The minimum absolute atomic E-state index is 0.333. The zero-order valence-corrected chi connectivity index (χ0v) is 14.4. The van der Waals surface area contributed by atoms with E-state index in [0.717, 1.165) is 30.3 Å². The van der Waals surface area contributed by atoms with Gasteiger partial charge in [-0.25, -0.2) is 9.97 Å². The molecule has 25 heavy (non-hydrogen) atoms. The number of carbonyl (C=O) groups is 1. The summed E-state index contributed by atoms with van der Waals surface area (Å²) >= 11 is 0. The van der Waals surface area contributed by atoms with Crippen LogP contribution in [0.3, 0.4) is 0 Å². The molecule has 1 amide bonds. The highest BCUT2D eigenvalue weighted by atomic mass is 16.1. The van der Waals surface area contributed by atoms with Gasteiger partial charge in [0, 0.05) is 31.8 Å². The number of amides is 1. The molecule has 5 nitrogen and oxygen atoms in total. The van der Waals surface area contributed by atoms with Crippen LogP contribution >= 0.6 is 0 Å². The molecular formula is C20H22N4O. The van der Waals surface area contributed by atoms with Crippen molar-refractivity contribution in [2.45, 2.75) is 19.8 Å². The largest absolute Gasteiger partial charge is 0.370 e. The zero-order chi connectivity index (χ0) is 17.6. The number of hydrogen-bond donors (Lipinski definition) is 1. The molecule has 5 heteroatoms. The van der Waals surface area contributed by atoms with Crippen LogP contribution in [0.2, 0.25) is 0 Å². The number of hydrogen-bond acceptors (Lipinski definition) is 4. The summed E-state index contributed by atoms with van der Waals surface area (Å²) in [6, 6.07) is 16.9. The first-order chi connectivity index (χ1) is 12.1. The van der Waals surface area contributed by atoms with Crippen LogP contribution in [0, 0.1) is 0 Å². The van der Waals surface area contributed by atoms with Gasteiger partial charge in [0.2, 0.25) is 11.9 Å². The van der Waals surface area contributed by atoms with Gasteiger partial charge in [0.05, 0.1) is 5.69 Å². The van der Waals surface area contributed by atoms with Gasteiger partial charge in [0.15, 0.2) is 0 Å². The Balaban J connectivity index is 0.000000415. The quantitative estimate of drug-likeness (QED) is 0.780. The van der Waals surface area contributed by atoms with Crippen molar-refractivity contribution < 1.29 is 4.79 Å². The van der Waals surface area contributed by atoms with Crippen molar-refractivity contribution in [1.82, 2.24) is 9.97 Å². The van der Waals surface area contributed by atoms with E-state index in [0.29, 0.717) is 0 Å². The monoisotopic (exact) mass is 334 g/mol. The van der Waals surface area contributed by atoms with Crippen LogP contribution in [0.25, 0.3) is 22.0 Å². The number of rotatable bonds is 2. The first kappa shape index (κ1) is 16.9. The van der Waals surface area contributed by atoms with E-state index < -0.39 is 0 Å². The van der Waals surface area contributed by atoms with Gasteiger partial charge in [-0.1, -0.05) is 36.4 Å². The van der Waals surface area contributed by atoms with E-state index in [1.165, 1.54) is 30.5 Å². The zero-order valence-electron chi connectivity index (χ0n) is 14.4. The molecular weight excluding hydrogens is 312 g/mol. The van der Waals surface area contributed by atoms with Crippen molar-refractivity contribution in [3.8, 4) is 11.3 Å². The lowest BCUT2D eigenvalue weighted by atomic mass is 10.1. The van der Waals surface area contributed by atoms with Crippen LogP contribution in [0.1, 0.15) is 19.8 Å². The number of benzene rings is 2. The molecule has 1 aromatic heterocycles. The molecule has 2 aromatic carbocycles. The minimum atomic E-state index is -0.333. The van der Waals surface area contributed by atoms with Crippen LogP contribution in [-0.4, -0.2) is 29.0 Å². The van der Waals surface area contributed by atoms with Crippen LogP contribution in [0.15, 0.2) is 54.7 Å². The van der Waals surface area contributed by atoms with Crippen LogP contribution in [0.4, 0.5) is 5.95 Å². The lowest BCUT2D eigenvalue weighted by molar-refractivity contribution is -0.115. The average molecular weight is 334 g/mol. The highest BCUT2D eigenvalue weighted by Crippen LogP contribution is 2.24. The third kappa shape index (κ3) is 4.32. The van der Waals surface area contributed by atoms with Gasteiger partial charge in [0.25, 0.3) is 0 Å². The van der Waals surface area contributed by atoms with Gasteiger partial charge in [-0.05, 0) is 35.7 Å². The maximum Gasteiger partial charge on any atom is 0.225 e. The van der Waals surface area contributed by atoms with Gasteiger partial charge < -0.3 is 10.6 Å². The predicted molar refractivity (Wildman–Crippen MR) is 101 cm³/mol. The molecule has 1 saturated heterocycles. The van der Waals surface area contributed by atoms with Crippen molar-refractivity contribution in [2.24, 2.45) is 5.73 Å². The fourth-order valence-corrected chi connectivity index (χ4v) is 2.93. The highest BCUT2D eigenvalue weighted by Gasteiger charge is 2.15. The molecule has 0 bridgehead atoms.